The van der Waals surface area contributed by atoms with Crippen molar-refractivity contribution in [1.82, 2.24) is 29.9 Å². The number of nitrogens with one attached hydrogen (secondary N) is 2. The van der Waals surface area contributed by atoms with Gasteiger partial charge >= 0.3 is 17.7 Å². The van der Waals surface area contributed by atoms with Crippen molar-refractivity contribution in [3.8, 4) is 6.01 Å². The van der Waals surface area contributed by atoms with E-state index in [0.29, 0.717) is 22.8 Å². The summed E-state index contributed by atoms with van der Waals surface area (Å²) in [4.78, 5) is 74.9. The molecule has 39 heavy (non-hydrogen) atoms. The lowest BCUT2D eigenvalue weighted by Gasteiger charge is -2.10. The van der Waals surface area contributed by atoms with Crippen LogP contribution in [0.3, 0.4) is 0 Å². The molecule has 0 spiro atoms. The van der Waals surface area contributed by atoms with Crippen LogP contribution < -0.4 is 21.5 Å². The van der Waals surface area contributed by atoms with Crippen LogP contribution in [-0.4, -0.2) is 68.6 Å². The fourth-order valence-electron chi connectivity index (χ4n) is 3.57. The number of anilines is 1. The van der Waals surface area contributed by atoms with Gasteiger partial charge in [-0.15, -0.1) is 5.06 Å². The van der Waals surface area contributed by atoms with Crippen LogP contribution in [-0.2, 0) is 41.8 Å². The van der Waals surface area contributed by atoms with Crippen LogP contribution in [0.5, 0.6) is 6.01 Å². The van der Waals surface area contributed by atoms with Crippen molar-refractivity contribution in [2.24, 2.45) is 0 Å². The van der Waals surface area contributed by atoms with Gasteiger partial charge in [0, 0.05) is 38.6 Å². The van der Waals surface area contributed by atoms with Crippen molar-refractivity contribution in [3.63, 3.8) is 0 Å². The number of amides is 3. The molecule has 4 rings (SSSR count). The van der Waals surface area contributed by atoms with E-state index in [-0.39, 0.29) is 44.4 Å². The molecule has 1 aromatic carbocycles. The van der Waals surface area contributed by atoms with Gasteiger partial charge in [-0.25, -0.2) is 9.59 Å². The monoisotopic (exact) mass is 539 g/mol. The predicted molar refractivity (Wildman–Crippen MR) is 134 cm³/mol. The molecule has 1 fully saturated rings. The minimum absolute atomic E-state index is 0.0243. The maximum absolute atomic E-state index is 12.5. The molecule has 0 saturated carbocycles. The van der Waals surface area contributed by atoms with Crippen LogP contribution in [0.2, 0.25) is 0 Å². The van der Waals surface area contributed by atoms with Crippen LogP contribution in [0, 0.1) is 0 Å². The first-order chi connectivity index (χ1) is 18.7. The largest absolute Gasteiger partial charge is 0.461 e. The summed E-state index contributed by atoms with van der Waals surface area (Å²) in [6, 6.07) is 7.12. The maximum atomic E-state index is 12.5. The summed E-state index contributed by atoms with van der Waals surface area (Å²) in [5.74, 6) is -2.75. The minimum Gasteiger partial charge on any atom is -0.461 e. The summed E-state index contributed by atoms with van der Waals surface area (Å²) in [6.07, 6.45) is 1.70. The molecule has 2 aromatic heterocycles. The van der Waals surface area contributed by atoms with Crippen LogP contribution in [0.25, 0.3) is 11.2 Å². The maximum Gasteiger partial charge on any atom is 0.356 e. The molecule has 0 aliphatic carbocycles. The molecule has 1 saturated heterocycles. The van der Waals surface area contributed by atoms with Gasteiger partial charge in [0.15, 0.2) is 11.5 Å². The molecule has 3 amide bonds. The number of imidazole rings is 1. The highest BCUT2D eigenvalue weighted by Gasteiger charge is 2.32. The number of fused-ring (bicyclic) bond motifs is 1. The zero-order chi connectivity index (χ0) is 27.9. The number of hydrogen-bond acceptors (Lipinski definition) is 11. The number of aromatic amines is 1. The second-order valence-electron chi connectivity index (χ2n) is 8.31. The quantitative estimate of drug-likeness (QED) is 0.162. The Morgan fingerprint density at radius 1 is 1.05 bits per heavy atom. The van der Waals surface area contributed by atoms with Crippen molar-refractivity contribution >= 4 is 40.7 Å². The number of carbonyl (C=O) groups is 4. The number of aromatic nitrogens is 4. The second-order valence-corrected chi connectivity index (χ2v) is 8.31. The third-order valence-electron chi connectivity index (χ3n) is 5.54. The van der Waals surface area contributed by atoms with Gasteiger partial charge < -0.3 is 30.3 Å². The number of methoxy groups -OCH3 is 1. The lowest BCUT2D eigenvalue weighted by Crippen LogP contribution is -2.31. The number of hydroxylamine groups is 2. The number of hydrogen-bond donors (Lipinski definition) is 3. The number of ether oxygens (including phenoxy) is 2. The third-order valence-corrected chi connectivity index (χ3v) is 5.54. The fourth-order valence-corrected chi connectivity index (χ4v) is 3.57. The minimum atomic E-state index is -1.02. The number of nitrogens with zero attached hydrogens (tertiary/aromatic N) is 4. The van der Waals surface area contributed by atoms with Gasteiger partial charge in [-0.1, -0.05) is 24.3 Å². The zero-order valence-electron chi connectivity index (χ0n) is 20.8. The average molecular weight is 540 g/mol. The highest BCUT2D eigenvalue weighted by Crippen LogP contribution is 2.19. The Kier molecular flexibility index (Phi) is 8.30. The molecule has 1 aliphatic heterocycles. The van der Waals surface area contributed by atoms with Crippen LogP contribution in [0.15, 0.2) is 41.2 Å². The van der Waals surface area contributed by atoms with Crippen molar-refractivity contribution in [1.29, 1.82) is 0 Å². The number of nitrogens with two attached hydrogens (primary N) is 1. The first-order valence-electron chi connectivity index (χ1n) is 11.7. The lowest BCUT2D eigenvalue weighted by atomic mass is 10.1. The Morgan fingerprint density at radius 2 is 1.74 bits per heavy atom. The number of benzene rings is 1. The Hall–Kier alpha value is -5.05. The van der Waals surface area contributed by atoms with Gasteiger partial charge in [-0.05, 0) is 11.1 Å². The molecule has 0 atom stereocenters. The summed E-state index contributed by atoms with van der Waals surface area (Å²) < 4.78 is 11.8. The Morgan fingerprint density at radius 3 is 2.44 bits per heavy atom. The van der Waals surface area contributed by atoms with Crippen molar-refractivity contribution in [3.05, 3.63) is 58.0 Å². The average Bonchev–Trinajstić information content (AvgIpc) is 3.40. The van der Waals surface area contributed by atoms with E-state index in [1.165, 1.54) is 11.7 Å². The van der Waals surface area contributed by atoms with E-state index in [1.807, 2.05) is 0 Å². The summed E-state index contributed by atoms with van der Waals surface area (Å²) in [7, 11) is 1.53. The van der Waals surface area contributed by atoms with Gasteiger partial charge in [-0.2, -0.15) is 9.97 Å². The first-order valence-corrected chi connectivity index (χ1v) is 11.7. The van der Waals surface area contributed by atoms with E-state index in [9.17, 15) is 24.0 Å². The normalized spacial score (nSPS) is 13.4. The van der Waals surface area contributed by atoms with E-state index in [2.05, 4.69) is 25.1 Å². The van der Waals surface area contributed by atoms with Gasteiger partial charge in [0.25, 0.3) is 11.8 Å². The number of rotatable bonds is 11. The molecule has 0 unspecified atom stereocenters. The molecule has 0 bridgehead atoms. The molecule has 3 aromatic rings. The second kappa shape index (κ2) is 12.0. The number of carbonyl (C=O) groups excluding carboxylic acids is 4. The number of H-pyrrole nitrogens is 1. The third kappa shape index (κ3) is 6.64. The first kappa shape index (κ1) is 27.0. The standard InChI is InChI=1S/C24H25N7O8/c1-37-10-11-38-23-28-21(25)20-22(29-23)30(24(36)27-20)13-15-4-2-14(3-5-15)12-26-16(32)6-9-19(35)39-31-17(33)7-8-18(31)34/h2-6,9H,7-8,10-13H2,1H3,(H,26,32)(H,27,36)(H2,25,28,29)/b9-6+. The van der Waals surface area contributed by atoms with Crippen LogP contribution >= 0.6 is 0 Å². The van der Waals surface area contributed by atoms with Gasteiger partial charge in [0.2, 0.25) is 5.91 Å². The van der Waals surface area contributed by atoms with E-state index in [1.54, 1.807) is 24.3 Å². The van der Waals surface area contributed by atoms with E-state index < -0.39 is 29.4 Å². The molecule has 1 aliphatic rings. The molecule has 15 nitrogen and oxygen atoms in total. The topological polar surface area (TPSA) is 201 Å². The highest BCUT2D eigenvalue weighted by molar-refractivity contribution is 6.02. The SMILES string of the molecule is COCCOc1nc(N)c2[nH]c(=O)n(Cc3ccc(CNC(=O)/C=C/C(=O)ON4C(=O)CCC4=O)cc3)c2n1. The molecular weight excluding hydrogens is 514 g/mol. The Bertz CT molecular complexity index is 1480. The van der Waals surface area contributed by atoms with E-state index in [4.69, 9.17) is 15.2 Å². The molecule has 3 heterocycles. The Balaban J connectivity index is 1.33. The van der Waals surface area contributed by atoms with Gasteiger partial charge in [0.1, 0.15) is 12.1 Å². The van der Waals surface area contributed by atoms with Crippen molar-refractivity contribution in [2.45, 2.75) is 25.9 Å². The van der Waals surface area contributed by atoms with Crippen molar-refractivity contribution in [2.75, 3.05) is 26.1 Å². The zero-order valence-corrected chi connectivity index (χ0v) is 20.8. The molecule has 204 valence electrons. The summed E-state index contributed by atoms with van der Waals surface area (Å²) in [5.41, 5.74) is 7.67. The predicted octanol–water partition coefficient (Wildman–Crippen LogP) is -0.445. The van der Waals surface area contributed by atoms with Gasteiger partial charge in [0.05, 0.1) is 13.2 Å². The molecule has 4 N–H and O–H groups in total. The molecular formula is C24H25N7O8. The van der Waals surface area contributed by atoms with Crippen LogP contribution in [0.1, 0.15) is 24.0 Å². The number of imide groups is 1. The number of nitrogen functional groups attached to an aromatic ring is 1. The lowest BCUT2D eigenvalue weighted by molar-refractivity contribution is -0.193. The molecule has 15 heteroatoms. The fraction of sp³-hybridized carbons (Fsp3) is 0.292. The Labute approximate surface area is 220 Å². The van der Waals surface area contributed by atoms with E-state index in [0.717, 1.165) is 23.3 Å². The summed E-state index contributed by atoms with van der Waals surface area (Å²) in [6.45, 7) is 0.890. The van der Waals surface area contributed by atoms with Crippen molar-refractivity contribution < 1.29 is 33.5 Å². The summed E-state index contributed by atoms with van der Waals surface area (Å²) >= 11 is 0. The summed E-state index contributed by atoms with van der Waals surface area (Å²) in [5, 5.41) is 3.00. The highest BCUT2D eigenvalue weighted by atomic mass is 16.7. The van der Waals surface area contributed by atoms with Crippen LogP contribution in [0.4, 0.5) is 5.82 Å². The van der Waals surface area contributed by atoms with Gasteiger partial charge in [-0.3, -0.25) is 19.0 Å². The van der Waals surface area contributed by atoms with E-state index >= 15 is 0 Å². The molecule has 0 radical (unpaired) electrons. The smallest absolute Gasteiger partial charge is 0.356 e.